The van der Waals surface area contributed by atoms with Crippen LogP contribution in [0.3, 0.4) is 0 Å². The van der Waals surface area contributed by atoms with E-state index in [9.17, 15) is 0 Å². The SMILES string of the molecule is CO[Si](CCCN=C(NC(C)C)NC(C)C)(OC)OC. The fourth-order valence-corrected chi connectivity index (χ4v) is 3.43. The lowest BCUT2D eigenvalue weighted by atomic mass is 10.4. The summed E-state index contributed by atoms with van der Waals surface area (Å²) in [5, 5.41) is 6.61. The van der Waals surface area contributed by atoms with Crippen molar-refractivity contribution in [1.29, 1.82) is 0 Å². The Labute approximate surface area is 124 Å². The number of rotatable bonds is 9. The van der Waals surface area contributed by atoms with Gasteiger partial charge in [0.1, 0.15) is 0 Å². The fraction of sp³-hybridized carbons (Fsp3) is 0.923. The first-order valence-electron chi connectivity index (χ1n) is 7.12. The van der Waals surface area contributed by atoms with E-state index in [0.717, 1.165) is 18.4 Å². The Bertz CT molecular complexity index is 262. The van der Waals surface area contributed by atoms with Gasteiger partial charge in [0.05, 0.1) is 0 Å². The van der Waals surface area contributed by atoms with Crippen molar-refractivity contribution in [1.82, 2.24) is 10.6 Å². The molecule has 0 aliphatic carbocycles. The van der Waals surface area contributed by atoms with Crippen LogP contribution in [-0.4, -0.2) is 54.7 Å². The van der Waals surface area contributed by atoms with Crippen LogP contribution >= 0.6 is 0 Å². The van der Waals surface area contributed by atoms with Crippen LogP contribution in [0.25, 0.3) is 0 Å². The minimum atomic E-state index is -2.46. The van der Waals surface area contributed by atoms with Gasteiger partial charge in [-0.1, -0.05) is 0 Å². The molecule has 0 aromatic carbocycles. The van der Waals surface area contributed by atoms with E-state index in [2.05, 4.69) is 43.3 Å². The van der Waals surface area contributed by atoms with Crippen LogP contribution in [0.1, 0.15) is 34.1 Å². The Morgan fingerprint density at radius 3 is 1.75 bits per heavy atom. The summed E-state index contributed by atoms with van der Waals surface area (Å²) in [7, 11) is 2.44. The van der Waals surface area contributed by atoms with E-state index in [1.165, 1.54) is 0 Å². The summed E-state index contributed by atoms with van der Waals surface area (Å²) in [5.74, 6) is 0.842. The van der Waals surface area contributed by atoms with Gasteiger partial charge in [-0.25, -0.2) is 0 Å². The highest BCUT2D eigenvalue weighted by Crippen LogP contribution is 2.14. The molecule has 0 amide bonds. The molecule has 0 spiro atoms. The third kappa shape index (κ3) is 7.84. The molecule has 0 saturated carbocycles. The molecule has 2 N–H and O–H groups in total. The van der Waals surface area contributed by atoms with Crippen LogP contribution in [0.15, 0.2) is 4.99 Å². The Morgan fingerprint density at radius 1 is 0.950 bits per heavy atom. The molecular formula is C13H31N3O3Si. The second-order valence-corrected chi connectivity index (χ2v) is 8.32. The third-order valence-corrected chi connectivity index (χ3v) is 5.53. The molecule has 0 saturated heterocycles. The van der Waals surface area contributed by atoms with Crippen molar-refractivity contribution in [3.8, 4) is 0 Å². The van der Waals surface area contributed by atoms with E-state index in [1.54, 1.807) is 21.3 Å². The van der Waals surface area contributed by atoms with Crippen molar-refractivity contribution in [2.45, 2.75) is 52.2 Å². The first-order chi connectivity index (χ1) is 9.39. The van der Waals surface area contributed by atoms with Crippen molar-refractivity contribution < 1.29 is 13.3 Å². The molecule has 0 heterocycles. The van der Waals surface area contributed by atoms with Crippen LogP contribution < -0.4 is 10.6 Å². The predicted molar refractivity (Wildman–Crippen MR) is 85.1 cm³/mol. The van der Waals surface area contributed by atoms with Crippen molar-refractivity contribution in [3.05, 3.63) is 0 Å². The molecule has 20 heavy (non-hydrogen) atoms. The summed E-state index contributed by atoms with van der Waals surface area (Å²) in [6.07, 6.45) is 0.866. The maximum absolute atomic E-state index is 5.39. The van der Waals surface area contributed by atoms with Gasteiger partial charge in [0.2, 0.25) is 0 Å². The molecular weight excluding hydrogens is 274 g/mol. The van der Waals surface area contributed by atoms with Crippen molar-refractivity contribution in [3.63, 3.8) is 0 Å². The number of nitrogens with zero attached hydrogens (tertiary/aromatic N) is 1. The van der Waals surface area contributed by atoms with Gasteiger partial charge in [0.25, 0.3) is 0 Å². The van der Waals surface area contributed by atoms with Crippen molar-refractivity contribution in [2.75, 3.05) is 27.9 Å². The molecule has 0 unspecified atom stereocenters. The highest BCUT2D eigenvalue weighted by molar-refractivity contribution is 6.60. The molecule has 0 aliphatic rings. The molecule has 0 aliphatic heterocycles. The zero-order valence-electron chi connectivity index (χ0n) is 13.9. The second-order valence-electron chi connectivity index (χ2n) is 5.23. The topological polar surface area (TPSA) is 64.1 Å². The van der Waals surface area contributed by atoms with Crippen molar-refractivity contribution in [2.24, 2.45) is 4.99 Å². The Hall–Kier alpha value is -0.633. The largest absolute Gasteiger partial charge is 0.500 e. The number of hydrogen-bond acceptors (Lipinski definition) is 4. The van der Waals surface area contributed by atoms with E-state index >= 15 is 0 Å². The Morgan fingerprint density at radius 2 is 1.40 bits per heavy atom. The predicted octanol–water partition coefficient (Wildman–Crippen LogP) is 1.61. The molecule has 0 radical (unpaired) electrons. The zero-order valence-corrected chi connectivity index (χ0v) is 14.9. The smallest absolute Gasteiger partial charge is 0.377 e. The molecule has 0 fully saturated rings. The van der Waals surface area contributed by atoms with Gasteiger partial charge in [0.15, 0.2) is 5.96 Å². The monoisotopic (exact) mass is 305 g/mol. The minimum Gasteiger partial charge on any atom is -0.377 e. The van der Waals surface area contributed by atoms with E-state index in [-0.39, 0.29) is 0 Å². The molecule has 7 heteroatoms. The standard InChI is InChI=1S/C13H31N3O3Si/c1-11(2)15-13(16-12(3)4)14-9-8-10-20(17-5,18-6)19-7/h11-12H,8-10H2,1-7H3,(H2,14,15,16). The fourth-order valence-electron chi connectivity index (χ4n) is 1.72. The highest BCUT2D eigenvalue weighted by Gasteiger charge is 2.36. The lowest BCUT2D eigenvalue weighted by molar-refractivity contribution is 0.123. The third-order valence-electron chi connectivity index (χ3n) is 2.69. The van der Waals surface area contributed by atoms with Crippen LogP contribution in [0.2, 0.25) is 6.04 Å². The number of nitrogens with one attached hydrogen (secondary N) is 2. The zero-order chi connectivity index (χ0) is 15.6. The van der Waals surface area contributed by atoms with E-state index in [4.69, 9.17) is 13.3 Å². The lowest BCUT2D eigenvalue weighted by Crippen LogP contribution is -2.44. The Kier molecular flexibility index (Phi) is 9.82. The van der Waals surface area contributed by atoms with Gasteiger partial charge in [0, 0.05) is 46.0 Å². The van der Waals surface area contributed by atoms with Gasteiger partial charge in [-0.2, -0.15) is 0 Å². The molecule has 0 aromatic rings. The molecule has 0 aromatic heterocycles. The van der Waals surface area contributed by atoms with E-state index in [0.29, 0.717) is 18.6 Å². The molecule has 0 rings (SSSR count). The van der Waals surface area contributed by atoms with Crippen molar-refractivity contribution >= 4 is 14.8 Å². The van der Waals surface area contributed by atoms with Gasteiger partial charge < -0.3 is 23.9 Å². The Balaban J connectivity index is 4.34. The van der Waals surface area contributed by atoms with E-state index in [1.807, 2.05) is 0 Å². The lowest BCUT2D eigenvalue weighted by Gasteiger charge is -2.24. The van der Waals surface area contributed by atoms with Crippen LogP contribution in [0.4, 0.5) is 0 Å². The summed E-state index contributed by atoms with van der Waals surface area (Å²) in [6, 6.07) is 1.46. The summed E-state index contributed by atoms with van der Waals surface area (Å²) in [5.41, 5.74) is 0. The van der Waals surface area contributed by atoms with Gasteiger partial charge in [-0.15, -0.1) is 0 Å². The average molecular weight is 305 g/mol. The second kappa shape index (κ2) is 10.1. The molecule has 6 nitrogen and oxygen atoms in total. The summed E-state index contributed by atoms with van der Waals surface area (Å²) in [4.78, 5) is 4.56. The summed E-state index contributed by atoms with van der Waals surface area (Å²) in [6.45, 7) is 9.08. The normalized spacial score (nSPS) is 11.8. The first kappa shape index (κ1) is 19.4. The van der Waals surface area contributed by atoms with Crippen LogP contribution in [0.5, 0.6) is 0 Å². The quantitative estimate of drug-likeness (QED) is 0.293. The van der Waals surface area contributed by atoms with Crippen LogP contribution in [-0.2, 0) is 13.3 Å². The summed E-state index contributed by atoms with van der Waals surface area (Å²) >= 11 is 0. The van der Waals surface area contributed by atoms with E-state index < -0.39 is 8.80 Å². The maximum atomic E-state index is 5.39. The highest BCUT2D eigenvalue weighted by atomic mass is 28.4. The van der Waals surface area contributed by atoms with Gasteiger partial charge in [-0.3, -0.25) is 4.99 Å². The molecule has 120 valence electrons. The average Bonchev–Trinajstić information content (AvgIpc) is 2.38. The number of hydrogen-bond donors (Lipinski definition) is 2. The number of guanidine groups is 1. The molecule has 0 bridgehead atoms. The first-order valence-corrected chi connectivity index (χ1v) is 9.05. The summed E-state index contributed by atoms with van der Waals surface area (Å²) < 4.78 is 16.2. The minimum absolute atomic E-state index is 0.352. The van der Waals surface area contributed by atoms with Gasteiger partial charge in [-0.05, 0) is 34.1 Å². The van der Waals surface area contributed by atoms with Crippen LogP contribution in [0, 0.1) is 0 Å². The maximum Gasteiger partial charge on any atom is 0.500 e. The van der Waals surface area contributed by atoms with Gasteiger partial charge >= 0.3 is 8.80 Å². The molecule has 0 atom stereocenters. The number of aliphatic imine (C=N–C) groups is 1.